The number of anilines is 1. The highest BCUT2D eigenvalue weighted by atomic mass is 32.2. The van der Waals surface area contributed by atoms with Gasteiger partial charge in [-0.15, -0.1) is 39.4 Å². The highest BCUT2D eigenvalue weighted by molar-refractivity contribution is 7.99. The van der Waals surface area contributed by atoms with Crippen LogP contribution in [-0.4, -0.2) is 39.5 Å². The number of methoxy groups -OCH3 is 1. The molecule has 0 aliphatic carbocycles. The largest absolute Gasteiger partial charge is 0.465 e. The number of aromatic nitrogens is 3. The first-order chi connectivity index (χ1) is 14.4. The van der Waals surface area contributed by atoms with Crippen molar-refractivity contribution >= 4 is 51.3 Å². The van der Waals surface area contributed by atoms with Crippen LogP contribution >= 0.6 is 34.4 Å². The lowest BCUT2D eigenvalue weighted by atomic mass is 10.1. The van der Waals surface area contributed by atoms with Gasteiger partial charge in [-0.3, -0.25) is 4.79 Å². The molecule has 0 fully saturated rings. The highest BCUT2D eigenvalue weighted by Gasteiger charge is 2.22. The minimum Gasteiger partial charge on any atom is -0.465 e. The molecule has 0 aliphatic rings. The van der Waals surface area contributed by atoms with Gasteiger partial charge in [0.25, 0.3) is 0 Å². The van der Waals surface area contributed by atoms with Crippen molar-refractivity contribution in [2.75, 3.05) is 18.2 Å². The van der Waals surface area contributed by atoms with E-state index in [4.69, 9.17) is 4.74 Å². The number of nitrogens with one attached hydrogen (secondary N) is 1. The van der Waals surface area contributed by atoms with Crippen molar-refractivity contribution in [3.05, 3.63) is 56.9 Å². The van der Waals surface area contributed by atoms with Crippen LogP contribution in [0.15, 0.2) is 35.3 Å². The number of nitrogens with zero attached hydrogens (tertiary/aromatic N) is 3. The lowest BCUT2D eigenvalue weighted by Crippen LogP contribution is -2.16. The first-order valence-electron chi connectivity index (χ1n) is 9.10. The van der Waals surface area contributed by atoms with Gasteiger partial charge in [-0.2, -0.15) is 0 Å². The van der Waals surface area contributed by atoms with E-state index in [1.54, 1.807) is 17.4 Å². The second-order valence-electron chi connectivity index (χ2n) is 6.37. The SMILES string of the molecule is C=CCn1c(Cc2cccs2)nnc1SCC(=O)Nc1sc(C)c(C)c1C(=O)OC. The van der Waals surface area contributed by atoms with Crippen molar-refractivity contribution < 1.29 is 14.3 Å². The molecule has 7 nitrogen and oxygen atoms in total. The summed E-state index contributed by atoms with van der Waals surface area (Å²) in [4.78, 5) is 26.8. The first kappa shape index (κ1) is 22.3. The minimum atomic E-state index is -0.455. The van der Waals surface area contributed by atoms with Gasteiger partial charge in [0.05, 0.1) is 18.4 Å². The number of carbonyl (C=O) groups is 2. The van der Waals surface area contributed by atoms with Crippen LogP contribution < -0.4 is 5.32 Å². The van der Waals surface area contributed by atoms with E-state index in [0.29, 0.717) is 28.7 Å². The Kier molecular flexibility index (Phi) is 7.46. The van der Waals surface area contributed by atoms with Crippen molar-refractivity contribution in [3.63, 3.8) is 0 Å². The minimum absolute atomic E-state index is 0.144. The number of allylic oxidation sites excluding steroid dienone is 1. The third-order valence-corrected chi connectivity index (χ3v) is 7.34. The Hall–Kier alpha value is -2.43. The summed E-state index contributed by atoms with van der Waals surface area (Å²) in [5, 5.41) is 14.6. The number of esters is 1. The molecule has 0 aliphatic heterocycles. The zero-order valence-electron chi connectivity index (χ0n) is 16.9. The summed E-state index contributed by atoms with van der Waals surface area (Å²) in [5.74, 6) is 0.297. The van der Waals surface area contributed by atoms with Crippen molar-refractivity contribution in [2.24, 2.45) is 0 Å². The fraction of sp³-hybridized carbons (Fsp3) is 0.300. The molecule has 3 rings (SSSR count). The number of aryl methyl sites for hydroxylation is 1. The first-order valence-corrected chi connectivity index (χ1v) is 11.8. The molecule has 1 amide bonds. The predicted octanol–water partition coefficient (Wildman–Crippen LogP) is 4.31. The van der Waals surface area contributed by atoms with Crippen molar-refractivity contribution in [3.8, 4) is 0 Å². The molecule has 30 heavy (non-hydrogen) atoms. The van der Waals surface area contributed by atoms with Gasteiger partial charge in [-0.05, 0) is 30.9 Å². The fourth-order valence-corrected chi connectivity index (χ4v) is 5.33. The molecule has 0 radical (unpaired) electrons. The summed E-state index contributed by atoms with van der Waals surface area (Å²) >= 11 is 4.33. The number of rotatable bonds is 9. The molecule has 0 unspecified atom stereocenters. The predicted molar refractivity (Wildman–Crippen MR) is 122 cm³/mol. The highest BCUT2D eigenvalue weighted by Crippen LogP contribution is 2.33. The molecule has 10 heteroatoms. The number of carbonyl (C=O) groups excluding carboxylic acids is 2. The molecule has 3 aromatic heterocycles. The van der Waals surface area contributed by atoms with Gasteiger partial charge in [0.2, 0.25) is 5.91 Å². The number of ether oxygens (including phenoxy) is 1. The third-order valence-electron chi connectivity index (χ3n) is 4.38. The molecular weight excluding hydrogens is 440 g/mol. The van der Waals surface area contributed by atoms with Crippen molar-refractivity contribution in [1.29, 1.82) is 0 Å². The Labute approximate surface area is 187 Å². The van der Waals surface area contributed by atoms with Gasteiger partial charge in [0.1, 0.15) is 10.8 Å². The van der Waals surface area contributed by atoms with E-state index in [9.17, 15) is 9.59 Å². The van der Waals surface area contributed by atoms with Crippen molar-refractivity contribution in [1.82, 2.24) is 14.8 Å². The lowest BCUT2D eigenvalue weighted by molar-refractivity contribution is -0.113. The molecular formula is C20H22N4O3S3. The average molecular weight is 463 g/mol. The Morgan fingerprint density at radius 2 is 2.17 bits per heavy atom. The molecule has 0 spiro atoms. The third kappa shape index (κ3) is 5.00. The Morgan fingerprint density at radius 1 is 1.37 bits per heavy atom. The summed E-state index contributed by atoms with van der Waals surface area (Å²) < 4.78 is 6.81. The second-order valence-corrected chi connectivity index (χ2v) is 9.57. The Balaban J connectivity index is 1.69. The van der Waals surface area contributed by atoms with E-state index in [-0.39, 0.29) is 11.7 Å². The number of thiophene rings is 2. The number of hydrogen-bond donors (Lipinski definition) is 1. The van der Waals surface area contributed by atoms with E-state index >= 15 is 0 Å². The van der Waals surface area contributed by atoms with Crippen LogP contribution in [0.4, 0.5) is 5.00 Å². The maximum Gasteiger partial charge on any atom is 0.341 e. The van der Waals surface area contributed by atoms with E-state index in [1.165, 1.54) is 35.1 Å². The quantitative estimate of drug-likeness (QED) is 0.290. The van der Waals surface area contributed by atoms with Crippen molar-refractivity contribution in [2.45, 2.75) is 32.0 Å². The lowest BCUT2D eigenvalue weighted by Gasteiger charge is -2.08. The van der Waals surface area contributed by atoms with Crippen LogP contribution in [0.1, 0.15) is 31.5 Å². The summed E-state index contributed by atoms with van der Waals surface area (Å²) in [7, 11) is 1.33. The summed E-state index contributed by atoms with van der Waals surface area (Å²) in [6.45, 7) is 8.12. The molecule has 3 aromatic rings. The van der Waals surface area contributed by atoms with Gasteiger partial charge in [0.15, 0.2) is 5.16 Å². The maximum absolute atomic E-state index is 12.5. The normalized spacial score (nSPS) is 10.8. The molecule has 3 heterocycles. The molecule has 0 bridgehead atoms. The van der Waals surface area contributed by atoms with Crippen LogP contribution in [-0.2, 0) is 22.5 Å². The zero-order valence-corrected chi connectivity index (χ0v) is 19.4. The smallest absolute Gasteiger partial charge is 0.341 e. The summed E-state index contributed by atoms with van der Waals surface area (Å²) in [6.07, 6.45) is 2.47. The molecule has 0 saturated heterocycles. The second kappa shape index (κ2) is 10.1. The van der Waals surface area contributed by atoms with Crippen LogP contribution in [0.2, 0.25) is 0 Å². The monoisotopic (exact) mass is 462 g/mol. The number of amides is 1. The Morgan fingerprint density at radius 3 is 2.83 bits per heavy atom. The summed E-state index contributed by atoms with van der Waals surface area (Å²) in [6, 6.07) is 4.06. The molecule has 1 N–H and O–H groups in total. The van der Waals surface area contributed by atoms with E-state index in [0.717, 1.165) is 16.3 Å². The average Bonchev–Trinajstić information content (AvgIpc) is 3.43. The maximum atomic E-state index is 12.5. The summed E-state index contributed by atoms with van der Waals surface area (Å²) in [5.41, 5.74) is 1.23. The number of thioether (sulfide) groups is 1. The fourth-order valence-electron chi connectivity index (χ4n) is 2.79. The van der Waals surface area contributed by atoms with Gasteiger partial charge >= 0.3 is 5.97 Å². The Bertz CT molecular complexity index is 1050. The molecule has 158 valence electrons. The van der Waals surface area contributed by atoms with E-state index < -0.39 is 5.97 Å². The van der Waals surface area contributed by atoms with Crippen LogP contribution in [0.25, 0.3) is 0 Å². The van der Waals surface area contributed by atoms with Crippen LogP contribution in [0.3, 0.4) is 0 Å². The van der Waals surface area contributed by atoms with Gasteiger partial charge in [0, 0.05) is 22.7 Å². The van der Waals surface area contributed by atoms with Crippen LogP contribution in [0.5, 0.6) is 0 Å². The molecule has 0 aromatic carbocycles. The molecule has 0 atom stereocenters. The zero-order chi connectivity index (χ0) is 21.7. The van der Waals surface area contributed by atoms with E-state index in [2.05, 4.69) is 28.2 Å². The van der Waals surface area contributed by atoms with Crippen LogP contribution in [0, 0.1) is 13.8 Å². The molecule has 0 saturated carbocycles. The standard InChI is InChI=1S/C20H22N4O3S3/c1-5-8-24-15(10-14-7-6-9-28-14)22-23-20(24)29-11-16(25)21-18-17(19(26)27-4)12(2)13(3)30-18/h5-7,9H,1,8,10-11H2,2-4H3,(H,21,25). The topological polar surface area (TPSA) is 86.1 Å². The van der Waals surface area contributed by atoms with E-state index in [1.807, 2.05) is 29.9 Å². The number of hydrogen-bond acceptors (Lipinski definition) is 8. The van der Waals surface area contributed by atoms with Gasteiger partial charge in [-0.1, -0.05) is 23.9 Å². The van der Waals surface area contributed by atoms with Gasteiger partial charge < -0.3 is 14.6 Å². The van der Waals surface area contributed by atoms with Gasteiger partial charge in [-0.25, -0.2) is 4.79 Å².